The van der Waals surface area contributed by atoms with Gasteiger partial charge in [0.15, 0.2) is 6.10 Å². The van der Waals surface area contributed by atoms with Gasteiger partial charge in [0, 0.05) is 52.8 Å². The number of ether oxygens (including phenoxy) is 4. The van der Waals surface area contributed by atoms with E-state index in [0.717, 1.165) is 22.2 Å². The highest BCUT2D eigenvalue weighted by molar-refractivity contribution is 7.92. The lowest BCUT2D eigenvalue weighted by Gasteiger charge is -2.20. The molecule has 0 aliphatic carbocycles. The van der Waals surface area contributed by atoms with Crippen molar-refractivity contribution in [2.24, 2.45) is 4.36 Å². The molecule has 5 rings (SSSR count). The molecule has 35 heavy (non-hydrogen) atoms. The van der Waals surface area contributed by atoms with E-state index in [1.165, 1.54) is 18.5 Å². The van der Waals surface area contributed by atoms with Gasteiger partial charge in [-0.05, 0) is 30.7 Å². The minimum absolute atomic E-state index is 0.138. The predicted octanol–water partition coefficient (Wildman–Crippen LogP) is 3.59. The number of rotatable bonds is 6. The predicted molar refractivity (Wildman–Crippen MR) is 130 cm³/mol. The monoisotopic (exact) mass is 501 g/mol. The van der Waals surface area contributed by atoms with Gasteiger partial charge in [-0.1, -0.05) is 6.07 Å². The van der Waals surface area contributed by atoms with Crippen molar-refractivity contribution in [1.82, 2.24) is 9.97 Å². The quantitative estimate of drug-likeness (QED) is 0.510. The normalized spacial score (nSPS) is 24.0. The van der Waals surface area contributed by atoms with Crippen LogP contribution in [0.4, 0.5) is 10.1 Å². The van der Waals surface area contributed by atoms with Gasteiger partial charge < -0.3 is 18.9 Å². The molecule has 8 nitrogen and oxygen atoms in total. The second kappa shape index (κ2) is 9.42. The molecule has 0 bridgehead atoms. The molecule has 0 amide bonds. The molecular formula is C25H28FN3O5S. The lowest BCUT2D eigenvalue weighted by molar-refractivity contribution is -0.0139. The van der Waals surface area contributed by atoms with Crippen LogP contribution in [0.15, 0.2) is 41.0 Å². The van der Waals surface area contributed by atoms with E-state index < -0.39 is 9.73 Å². The number of fused-ring (bicyclic) bond motifs is 2. The summed E-state index contributed by atoms with van der Waals surface area (Å²) >= 11 is 0. The Hall–Kier alpha value is -2.66. The summed E-state index contributed by atoms with van der Waals surface area (Å²) in [6.07, 6.45) is 4.12. The van der Waals surface area contributed by atoms with Gasteiger partial charge in [-0.3, -0.25) is 0 Å². The number of methoxy groups -OCH3 is 1. The number of benzene rings is 2. The molecule has 0 spiro atoms. The Labute approximate surface area is 204 Å². The summed E-state index contributed by atoms with van der Waals surface area (Å²) in [6.45, 7) is 2.72. The zero-order valence-electron chi connectivity index (χ0n) is 20.1. The van der Waals surface area contributed by atoms with Crippen molar-refractivity contribution in [2.45, 2.75) is 37.8 Å². The maximum absolute atomic E-state index is 14.2. The summed E-state index contributed by atoms with van der Waals surface area (Å²) in [5.74, 6) is 0.0375. The molecule has 2 saturated heterocycles. The number of halogens is 1. The second-order valence-electron chi connectivity index (χ2n) is 9.20. The maximum Gasteiger partial charge on any atom is 0.151 e. The summed E-state index contributed by atoms with van der Waals surface area (Å²) in [5, 5.41) is 0.881. The Morgan fingerprint density at radius 1 is 1.11 bits per heavy atom. The minimum atomic E-state index is -2.30. The first-order valence-corrected chi connectivity index (χ1v) is 13.7. The van der Waals surface area contributed by atoms with Gasteiger partial charge in [0.1, 0.15) is 36.2 Å². The summed E-state index contributed by atoms with van der Waals surface area (Å²) < 4.78 is 54.1. The Morgan fingerprint density at radius 3 is 2.60 bits per heavy atom. The van der Waals surface area contributed by atoms with Crippen molar-refractivity contribution < 1.29 is 27.5 Å². The number of hydrogen-bond acceptors (Lipinski definition) is 8. The molecule has 10 heteroatoms. The number of aromatic nitrogens is 2. The zero-order valence-corrected chi connectivity index (χ0v) is 20.9. The van der Waals surface area contributed by atoms with Crippen molar-refractivity contribution in [3.05, 3.63) is 59.3 Å². The molecule has 3 heterocycles. The Morgan fingerprint density at radius 2 is 1.86 bits per heavy atom. The van der Waals surface area contributed by atoms with Crippen LogP contribution in [0, 0.1) is 12.7 Å². The summed E-state index contributed by atoms with van der Waals surface area (Å²) in [6, 6.07) is 8.19. The van der Waals surface area contributed by atoms with Gasteiger partial charge in [-0.15, -0.1) is 0 Å². The lowest BCUT2D eigenvalue weighted by atomic mass is 10.0. The third kappa shape index (κ3) is 5.02. The number of nitrogens with zero attached hydrogens (tertiary/aromatic N) is 3. The van der Waals surface area contributed by atoms with Crippen LogP contribution >= 0.6 is 0 Å². The Bertz CT molecular complexity index is 1380. The molecule has 2 aromatic carbocycles. The molecular weight excluding hydrogens is 473 g/mol. The van der Waals surface area contributed by atoms with E-state index in [1.54, 1.807) is 25.7 Å². The number of aryl methyl sites for hydroxylation is 1. The fourth-order valence-electron chi connectivity index (χ4n) is 4.75. The Balaban J connectivity index is 1.46. The van der Waals surface area contributed by atoms with E-state index in [9.17, 15) is 8.60 Å². The van der Waals surface area contributed by atoms with E-state index in [4.69, 9.17) is 18.9 Å². The molecule has 0 unspecified atom stereocenters. The average Bonchev–Trinajstić information content (AvgIpc) is 3.37. The van der Waals surface area contributed by atoms with Gasteiger partial charge in [0.05, 0.1) is 30.1 Å². The standard InChI is InChI=1S/C25H28FN3O5S/c1-14-7-17(29-35(3,4)30)10-19-23(14)18(27-13-28-19)8-15-5-6-16(26)9-20(15)34-22-12-33-24-21(31-2)11-32-25(22)24/h5-7,9-10,13,21-22,24-25H,8,11-12H2,1-4H3/t21-,22-,24-,25-/m1/s1. The summed E-state index contributed by atoms with van der Waals surface area (Å²) in [7, 11) is -0.671. The first kappa shape index (κ1) is 24.1. The van der Waals surface area contributed by atoms with Crippen LogP contribution in [0.5, 0.6) is 5.75 Å². The minimum Gasteiger partial charge on any atom is -0.485 e. The molecule has 2 aliphatic rings. The maximum atomic E-state index is 14.2. The van der Waals surface area contributed by atoms with Crippen LogP contribution in [-0.4, -0.2) is 71.4 Å². The van der Waals surface area contributed by atoms with E-state index in [1.807, 2.05) is 19.1 Å². The summed E-state index contributed by atoms with van der Waals surface area (Å²) in [5.41, 5.74) is 3.80. The fraction of sp³-hybridized carbons (Fsp3) is 0.440. The first-order valence-electron chi connectivity index (χ1n) is 11.3. The first-order chi connectivity index (χ1) is 16.7. The van der Waals surface area contributed by atoms with Crippen molar-refractivity contribution in [2.75, 3.05) is 32.8 Å². The third-order valence-corrected chi connectivity index (χ3v) is 6.90. The van der Waals surface area contributed by atoms with Crippen LogP contribution in [0.1, 0.15) is 16.8 Å². The fourth-order valence-corrected chi connectivity index (χ4v) is 5.37. The lowest BCUT2D eigenvalue weighted by Crippen LogP contribution is -2.35. The second-order valence-corrected chi connectivity index (χ2v) is 11.7. The molecule has 0 radical (unpaired) electrons. The van der Waals surface area contributed by atoms with E-state index in [-0.39, 0.29) is 30.2 Å². The van der Waals surface area contributed by atoms with Crippen LogP contribution in [0.25, 0.3) is 10.9 Å². The van der Waals surface area contributed by atoms with Gasteiger partial charge in [-0.25, -0.2) is 18.6 Å². The van der Waals surface area contributed by atoms with Crippen molar-refractivity contribution in [3.8, 4) is 5.75 Å². The number of hydrogen-bond donors (Lipinski definition) is 0. The largest absolute Gasteiger partial charge is 0.485 e. The van der Waals surface area contributed by atoms with Gasteiger partial charge >= 0.3 is 0 Å². The third-order valence-electron chi connectivity index (χ3n) is 6.25. The van der Waals surface area contributed by atoms with E-state index >= 15 is 0 Å². The van der Waals surface area contributed by atoms with Crippen molar-refractivity contribution in [1.29, 1.82) is 0 Å². The van der Waals surface area contributed by atoms with Gasteiger partial charge in [-0.2, -0.15) is 4.36 Å². The topological polar surface area (TPSA) is 92.1 Å². The summed E-state index contributed by atoms with van der Waals surface area (Å²) in [4.78, 5) is 8.93. The van der Waals surface area contributed by atoms with E-state index in [2.05, 4.69) is 14.3 Å². The highest BCUT2D eigenvalue weighted by Gasteiger charge is 2.49. The molecule has 4 atom stereocenters. The molecule has 186 valence electrons. The molecule has 0 saturated carbocycles. The van der Waals surface area contributed by atoms with Crippen molar-refractivity contribution in [3.63, 3.8) is 0 Å². The van der Waals surface area contributed by atoms with Crippen LogP contribution in [-0.2, 0) is 30.4 Å². The highest BCUT2D eigenvalue weighted by Crippen LogP contribution is 2.34. The molecule has 1 aromatic heterocycles. The van der Waals surface area contributed by atoms with Gasteiger partial charge in [0.25, 0.3) is 0 Å². The van der Waals surface area contributed by atoms with Crippen LogP contribution in [0.3, 0.4) is 0 Å². The zero-order chi connectivity index (χ0) is 24.7. The molecule has 2 aliphatic heterocycles. The van der Waals surface area contributed by atoms with E-state index in [0.29, 0.717) is 36.6 Å². The SMILES string of the molecule is CO[C@@H]1CO[C@H]2[C@@H]1OC[C@H]2Oc1cc(F)ccc1Cc1ncnc2cc(N=S(C)(C)=O)cc(C)c12. The highest BCUT2D eigenvalue weighted by atomic mass is 32.2. The van der Waals surface area contributed by atoms with Gasteiger partial charge in [0.2, 0.25) is 0 Å². The average molecular weight is 502 g/mol. The van der Waals surface area contributed by atoms with Crippen LogP contribution in [0.2, 0.25) is 0 Å². The smallest absolute Gasteiger partial charge is 0.151 e. The molecule has 2 fully saturated rings. The Kier molecular flexibility index (Phi) is 6.47. The molecule has 0 N–H and O–H groups in total. The molecule has 3 aromatic rings. The van der Waals surface area contributed by atoms with Crippen molar-refractivity contribution >= 4 is 26.3 Å². The van der Waals surface area contributed by atoms with Crippen LogP contribution < -0.4 is 4.74 Å².